The molecule has 0 aliphatic carbocycles. The van der Waals surface area contributed by atoms with Gasteiger partial charge in [0.2, 0.25) is 11.8 Å². The normalized spacial score (nSPS) is 14.1. The lowest BCUT2D eigenvalue weighted by molar-refractivity contribution is -0.118. The molecule has 0 bridgehead atoms. The van der Waals surface area contributed by atoms with Gasteiger partial charge in [0.05, 0.1) is 17.9 Å². The maximum atomic E-state index is 13.9. The highest BCUT2D eigenvalue weighted by atomic mass is 35.5. The predicted molar refractivity (Wildman–Crippen MR) is 104 cm³/mol. The molecule has 2 aromatic carbocycles. The van der Waals surface area contributed by atoms with E-state index in [-0.39, 0.29) is 24.9 Å². The Labute approximate surface area is 162 Å². The molecule has 0 radical (unpaired) electrons. The third kappa shape index (κ3) is 4.64. The van der Waals surface area contributed by atoms with Crippen LogP contribution in [0.1, 0.15) is 18.4 Å². The number of hydrogen-bond acceptors (Lipinski definition) is 3. The first-order valence-corrected chi connectivity index (χ1v) is 9.14. The molecule has 2 amide bonds. The Kier molecular flexibility index (Phi) is 6.08. The van der Waals surface area contributed by atoms with E-state index < -0.39 is 5.82 Å². The highest BCUT2D eigenvalue weighted by molar-refractivity contribution is 6.31. The Hall–Kier alpha value is -2.44. The second-order valence-electron chi connectivity index (χ2n) is 6.59. The van der Waals surface area contributed by atoms with Crippen molar-refractivity contribution >= 4 is 34.8 Å². The first kappa shape index (κ1) is 19.3. The van der Waals surface area contributed by atoms with Crippen LogP contribution in [0.25, 0.3) is 0 Å². The second kappa shape index (κ2) is 8.50. The van der Waals surface area contributed by atoms with Gasteiger partial charge in [0, 0.05) is 30.1 Å². The third-order valence-electron chi connectivity index (χ3n) is 4.45. The Morgan fingerprint density at radius 1 is 1.26 bits per heavy atom. The first-order chi connectivity index (χ1) is 13.0. The highest BCUT2D eigenvalue weighted by Crippen LogP contribution is 2.29. The number of benzene rings is 2. The summed E-state index contributed by atoms with van der Waals surface area (Å²) in [5.74, 6) is -0.584. The van der Waals surface area contributed by atoms with Gasteiger partial charge in [0.25, 0.3) is 0 Å². The minimum Gasteiger partial charge on any atom is -0.323 e. The topological polar surface area (TPSA) is 52.7 Å². The standard InChI is InChI=1S/C20H21ClFN3O2/c1-24(12-14-15(21)6-4-7-16(14)22)13-19(26)23-17-8-2-3-9-18(17)25-11-5-10-20(25)27/h2-4,6-9H,5,10-13H2,1H3,(H,23,26). The van der Waals surface area contributed by atoms with E-state index in [9.17, 15) is 14.0 Å². The van der Waals surface area contributed by atoms with Gasteiger partial charge in [-0.25, -0.2) is 4.39 Å². The van der Waals surface area contributed by atoms with Gasteiger partial charge in [-0.05, 0) is 37.7 Å². The number of carbonyl (C=O) groups excluding carboxylic acids is 2. The molecule has 3 rings (SSSR count). The molecule has 27 heavy (non-hydrogen) atoms. The van der Waals surface area contributed by atoms with E-state index in [0.717, 1.165) is 6.42 Å². The number of carbonyl (C=O) groups is 2. The third-order valence-corrected chi connectivity index (χ3v) is 4.80. The molecule has 0 spiro atoms. The van der Waals surface area contributed by atoms with Crippen molar-refractivity contribution in [1.82, 2.24) is 4.90 Å². The van der Waals surface area contributed by atoms with Crippen LogP contribution in [-0.4, -0.2) is 36.9 Å². The van der Waals surface area contributed by atoms with Gasteiger partial charge in [0.15, 0.2) is 0 Å². The van der Waals surface area contributed by atoms with Crippen LogP contribution in [0.5, 0.6) is 0 Å². The van der Waals surface area contributed by atoms with Crippen molar-refractivity contribution in [3.8, 4) is 0 Å². The van der Waals surface area contributed by atoms with E-state index in [1.807, 2.05) is 18.2 Å². The van der Waals surface area contributed by atoms with Crippen molar-refractivity contribution in [1.29, 1.82) is 0 Å². The zero-order chi connectivity index (χ0) is 19.4. The molecule has 0 unspecified atom stereocenters. The first-order valence-electron chi connectivity index (χ1n) is 8.76. The summed E-state index contributed by atoms with van der Waals surface area (Å²) < 4.78 is 13.9. The number of para-hydroxylation sites is 2. The van der Waals surface area contributed by atoms with Gasteiger partial charge < -0.3 is 10.2 Å². The van der Waals surface area contributed by atoms with Gasteiger partial charge in [-0.1, -0.05) is 29.8 Å². The van der Waals surface area contributed by atoms with Crippen LogP contribution >= 0.6 is 11.6 Å². The molecule has 1 N–H and O–H groups in total. The Bertz CT molecular complexity index is 839. The summed E-state index contributed by atoms with van der Waals surface area (Å²) in [5, 5.41) is 3.19. The SMILES string of the molecule is CN(CC(=O)Nc1ccccc1N1CCCC1=O)Cc1c(F)cccc1Cl. The fourth-order valence-corrected chi connectivity index (χ4v) is 3.38. The van der Waals surface area contributed by atoms with Crippen LogP contribution in [0.2, 0.25) is 5.02 Å². The van der Waals surface area contributed by atoms with Gasteiger partial charge in [-0.2, -0.15) is 0 Å². The Morgan fingerprint density at radius 3 is 2.74 bits per heavy atom. The second-order valence-corrected chi connectivity index (χ2v) is 6.99. The lowest BCUT2D eigenvalue weighted by Gasteiger charge is -2.21. The van der Waals surface area contributed by atoms with E-state index in [1.54, 1.807) is 35.0 Å². The lowest BCUT2D eigenvalue weighted by Crippen LogP contribution is -2.31. The number of halogens is 2. The maximum Gasteiger partial charge on any atom is 0.238 e. The van der Waals surface area contributed by atoms with Crippen molar-refractivity contribution in [3.63, 3.8) is 0 Å². The number of likely N-dealkylation sites (N-methyl/N-ethyl adjacent to an activating group) is 1. The van der Waals surface area contributed by atoms with Crippen molar-refractivity contribution in [2.45, 2.75) is 19.4 Å². The van der Waals surface area contributed by atoms with Gasteiger partial charge >= 0.3 is 0 Å². The molecule has 1 fully saturated rings. The molecule has 0 atom stereocenters. The Morgan fingerprint density at radius 2 is 2.04 bits per heavy atom. The zero-order valence-corrected chi connectivity index (χ0v) is 15.8. The maximum absolute atomic E-state index is 13.9. The quantitative estimate of drug-likeness (QED) is 0.820. The van der Waals surface area contributed by atoms with Crippen LogP contribution in [-0.2, 0) is 16.1 Å². The molecule has 1 heterocycles. The molecule has 5 nitrogen and oxygen atoms in total. The summed E-state index contributed by atoms with van der Waals surface area (Å²) in [6.07, 6.45) is 1.33. The number of amides is 2. The van der Waals surface area contributed by atoms with E-state index in [1.165, 1.54) is 6.07 Å². The van der Waals surface area contributed by atoms with Crippen molar-refractivity contribution in [2.24, 2.45) is 0 Å². The number of hydrogen-bond donors (Lipinski definition) is 1. The largest absolute Gasteiger partial charge is 0.323 e. The Balaban J connectivity index is 1.65. The van der Waals surface area contributed by atoms with E-state index in [4.69, 9.17) is 11.6 Å². The fraction of sp³-hybridized carbons (Fsp3) is 0.300. The summed E-state index contributed by atoms with van der Waals surface area (Å²) in [4.78, 5) is 27.8. The minimum absolute atomic E-state index is 0.0583. The predicted octanol–water partition coefficient (Wildman–Crippen LogP) is 3.68. The van der Waals surface area contributed by atoms with Crippen molar-refractivity contribution in [2.75, 3.05) is 30.4 Å². The van der Waals surface area contributed by atoms with Gasteiger partial charge in [-0.15, -0.1) is 0 Å². The number of nitrogens with one attached hydrogen (secondary N) is 1. The fourth-order valence-electron chi connectivity index (χ4n) is 3.16. The smallest absolute Gasteiger partial charge is 0.238 e. The van der Waals surface area contributed by atoms with E-state index >= 15 is 0 Å². The molecule has 1 aliphatic rings. The zero-order valence-electron chi connectivity index (χ0n) is 15.0. The molecule has 1 saturated heterocycles. The van der Waals surface area contributed by atoms with Crippen LogP contribution in [0, 0.1) is 5.82 Å². The summed E-state index contributed by atoms with van der Waals surface area (Å²) in [6, 6.07) is 11.7. The summed E-state index contributed by atoms with van der Waals surface area (Å²) >= 11 is 6.04. The minimum atomic E-state index is -0.396. The molecule has 0 aromatic heterocycles. The number of nitrogens with zero attached hydrogens (tertiary/aromatic N) is 2. The molecular weight excluding hydrogens is 369 g/mol. The molecule has 7 heteroatoms. The molecule has 142 valence electrons. The van der Waals surface area contributed by atoms with E-state index in [2.05, 4.69) is 5.32 Å². The molecule has 2 aromatic rings. The highest BCUT2D eigenvalue weighted by Gasteiger charge is 2.24. The molecule has 0 saturated carbocycles. The number of anilines is 2. The molecular formula is C20H21ClFN3O2. The molecule has 1 aliphatic heterocycles. The van der Waals surface area contributed by atoms with Crippen LogP contribution in [0.15, 0.2) is 42.5 Å². The van der Waals surface area contributed by atoms with Crippen LogP contribution < -0.4 is 10.2 Å². The van der Waals surface area contributed by atoms with Crippen molar-refractivity contribution < 1.29 is 14.0 Å². The van der Waals surface area contributed by atoms with Gasteiger partial charge in [-0.3, -0.25) is 14.5 Å². The summed E-state index contributed by atoms with van der Waals surface area (Å²) in [6.45, 7) is 0.926. The average molecular weight is 390 g/mol. The van der Waals surface area contributed by atoms with Gasteiger partial charge in [0.1, 0.15) is 5.82 Å². The average Bonchev–Trinajstić information content (AvgIpc) is 3.04. The summed E-state index contributed by atoms with van der Waals surface area (Å²) in [7, 11) is 1.72. The monoisotopic (exact) mass is 389 g/mol. The summed E-state index contributed by atoms with van der Waals surface area (Å²) in [5.41, 5.74) is 1.65. The van der Waals surface area contributed by atoms with Crippen molar-refractivity contribution in [3.05, 3.63) is 58.9 Å². The van der Waals surface area contributed by atoms with Crippen LogP contribution in [0.4, 0.5) is 15.8 Å². The van der Waals surface area contributed by atoms with Crippen LogP contribution in [0.3, 0.4) is 0 Å². The number of rotatable bonds is 6. The van der Waals surface area contributed by atoms with E-state index in [0.29, 0.717) is 34.9 Å². The lowest BCUT2D eigenvalue weighted by atomic mass is 10.2.